The maximum absolute atomic E-state index is 13.0. The molecule has 2 nitrogen and oxygen atoms in total. The van der Waals surface area contributed by atoms with E-state index >= 15 is 0 Å². The van der Waals surface area contributed by atoms with Gasteiger partial charge in [-0.3, -0.25) is 4.90 Å². The van der Waals surface area contributed by atoms with Crippen molar-refractivity contribution in [1.82, 2.24) is 10.2 Å². The normalized spacial score (nSPS) is 18.1. The first-order chi connectivity index (χ1) is 10.9. The Morgan fingerprint density at radius 1 is 1.22 bits per heavy atom. The summed E-state index contributed by atoms with van der Waals surface area (Å²) in [5, 5.41) is 3.71. The van der Waals surface area contributed by atoms with Crippen LogP contribution in [-0.2, 0) is 6.18 Å². The highest BCUT2D eigenvalue weighted by molar-refractivity contribution is 6.31. The minimum absolute atomic E-state index is 0.0431. The van der Waals surface area contributed by atoms with Gasteiger partial charge in [0.2, 0.25) is 0 Å². The molecule has 0 spiro atoms. The minimum atomic E-state index is -4.34. The Morgan fingerprint density at radius 2 is 1.91 bits per heavy atom. The van der Waals surface area contributed by atoms with Crippen molar-refractivity contribution >= 4 is 11.6 Å². The Morgan fingerprint density at radius 3 is 2.52 bits per heavy atom. The molecule has 1 aliphatic heterocycles. The van der Waals surface area contributed by atoms with Crippen LogP contribution in [0.25, 0.3) is 0 Å². The van der Waals surface area contributed by atoms with E-state index in [1.54, 1.807) is 0 Å². The van der Waals surface area contributed by atoms with Crippen LogP contribution in [0.2, 0.25) is 5.02 Å². The van der Waals surface area contributed by atoms with Crippen LogP contribution in [0, 0.1) is 0 Å². The third kappa shape index (κ3) is 5.10. The predicted molar refractivity (Wildman–Crippen MR) is 87.8 cm³/mol. The fourth-order valence-corrected chi connectivity index (χ4v) is 3.34. The molecule has 1 atom stereocenters. The molecule has 1 N–H and O–H groups in total. The number of hydrogen-bond donors (Lipinski definition) is 1. The van der Waals surface area contributed by atoms with Crippen molar-refractivity contribution in [2.24, 2.45) is 0 Å². The van der Waals surface area contributed by atoms with Crippen molar-refractivity contribution in [3.05, 3.63) is 34.3 Å². The number of nitrogens with one attached hydrogen (secondary N) is 1. The zero-order valence-corrected chi connectivity index (χ0v) is 14.2. The lowest BCUT2D eigenvalue weighted by molar-refractivity contribution is -0.137. The van der Waals surface area contributed by atoms with Gasteiger partial charge in [-0.1, -0.05) is 37.8 Å². The average Bonchev–Trinajstić information content (AvgIpc) is 2.52. The number of piperazine rings is 1. The molecule has 1 heterocycles. The Hall–Kier alpha value is -0.780. The van der Waals surface area contributed by atoms with Crippen LogP contribution in [0.1, 0.15) is 49.8 Å². The molecule has 130 valence electrons. The van der Waals surface area contributed by atoms with Crippen LogP contribution in [-0.4, -0.2) is 31.1 Å². The molecule has 0 unspecified atom stereocenters. The molecular formula is C17H24ClF3N2. The second kappa shape index (κ2) is 8.36. The van der Waals surface area contributed by atoms with Crippen LogP contribution in [0.3, 0.4) is 0 Å². The first-order valence-electron chi connectivity index (χ1n) is 8.25. The summed E-state index contributed by atoms with van der Waals surface area (Å²) in [5.74, 6) is 0. The lowest BCUT2D eigenvalue weighted by Gasteiger charge is -2.36. The first kappa shape index (κ1) is 18.6. The number of benzene rings is 1. The van der Waals surface area contributed by atoms with E-state index in [9.17, 15) is 13.2 Å². The topological polar surface area (TPSA) is 15.3 Å². The summed E-state index contributed by atoms with van der Waals surface area (Å²) in [5.41, 5.74) is -0.00739. The van der Waals surface area contributed by atoms with E-state index in [-0.39, 0.29) is 6.04 Å². The molecule has 6 heteroatoms. The van der Waals surface area contributed by atoms with Gasteiger partial charge in [0.25, 0.3) is 0 Å². The Kier molecular flexibility index (Phi) is 6.74. The molecule has 23 heavy (non-hydrogen) atoms. The summed E-state index contributed by atoms with van der Waals surface area (Å²) < 4.78 is 39.1. The van der Waals surface area contributed by atoms with Crippen molar-refractivity contribution in [2.45, 2.75) is 44.8 Å². The van der Waals surface area contributed by atoms with Crippen molar-refractivity contribution in [3.63, 3.8) is 0 Å². The fraction of sp³-hybridized carbons (Fsp3) is 0.647. The summed E-state index contributed by atoms with van der Waals surface area (Å²) in [6, 6.07) is 3.64. The van der Waals surface area contributed by atoms with E-state index in [4.69, 9.17) is 11.6 Å². The molecule has 1 aromatic carbocycles. The van der Waals surface area contributed by atoms with Gasteiger partial charge in [-0.25, -0.2) is 0 Å². The number of halogens is 4. The second-order valence-electron chi connectivity index (χ2n) is 6.03. The van der Waals surface area contributed by atoms with E-state index in [2.05, 4.69) is 17.1 Å². The first-order valence-corrected chi connectivity index (χ1v) is 8.62. The standard InChI is InChI=1S/C17H24ClF3N2/c1-2-3-4-5-16(23-10-8-22-9-11-23)14-12-13(17(19,20)21)6-7-15(14)18/h6-7,12,16,22H,2-5,8-11H2,1H3/t16-/m0/s1. The average molecular weight is 349 g/mol. The minimum Gasteiger partial charge on any atom is -0.314 e. The van der Waals surface area contributed by atoms with E-state index in [0.29, 0.717) is 10.6 Å². The lowest BCUT2D eigenvalue weighted by Crippen LogP contribution is -2.45. The van der Waals surface area contributed by atoms with Gasteiger partial charge >= 0.3 is 6.18 Å². The summed E-state index contributed by atoms with van der Waals surface area (Å²) in [4.78, 5) is 2.26. The monoisotopic (exact) mass is 348 g/mol. The van der Waals surface area contributed by atoms with Gasteiger partial charge in [-0.15, -0.1) is 0 Å². The number of unbranched alkanes of at least 4 members (excludes halogenated alkanes) is 2. The van der Waals surface area contributed by atoms with Crippen LogP contribution in [0.4, 0.5) is 13.2 Å². The summed E-state index contributed by atoms with van der Waals surface area (Å²) in [6.45, 7) is 5.52. The molecule has 0 bridgehead atoms. The van der Waals surface area contributed by atoms with Gasteiger partial charge in [-0.05, 0) is 30.2 Å². The Balaban J connectivity index is 2.29. The third-order valence-electron chi connectivity index (χ3n) is 4.36. The third-order valence-corrected chi connectivity index (χ3v) is 4.70. The van der Waals surface area contributed by atoms with Gasteiger partial charge in [-0.2, -0.15) is 13.2 Å². The number of hydrogen-bond acceptors (Lipinski definition) is 2. The van der Waals surface area contributed by atoms with E-state index in [0.717, 1.165) is 57.9 Å². The van der Waals surface area contributed by atoms with Gasteiger partial charge in [0, 0.05) is 37.2 Å². The van der Waals surface area contributed by atoms with Crippen molar-refractivity contribution in [2.75, 3.05) is 26.2 Å². The highest BCUT2D eigenvalue weighted by atomic mass is 35.5. The van der Waals surface area contributed by atoms with Gasteiger partial charge in [0.1, 0.15) is 0 Å². The molecule has 1 saturated heterocycles. The molecule has 1 fully saturated rings. The van der Waals surface area contributed by atoms with Crippen LogP contribution < -0.4 is 5.32 Å². The Labute approximate surface area is 141 Å². The van der Waals surface area contributed by atoms with E-state index in [1.165, 1.54) is 12.1 Å². The fourth-order valence-electron chi connectivity index (χ4n) is 3.09. The van der Waals surface area contributed by atoms with Gasteiger partial charge in [0.05, 0.1) is 5.56 Å². The Bertz CT molecular complexity index is 499. The molecule has 0 amide bonds. The van der Waals surface area contributed by atoms with E-state index in [1.807, 2.05) is 0 Å². The second-order valence-corrected chi connectivity index (χ2v) is 6.44. The predicted octanol–water partition coefficient (Wildman–Crippen LogP) is 4.89. The maximum Gasteiger partial charge on any atom is 0.416 e. The quantitative estimate of drug-likeness (QED) is 0.737. The summed E-state index contributed by atoms with van der Waals surface area (Å²) >= 11 is 6.26. The zero-order chi connectivity index (χ0) is 16.9. The van der Waals surface area contributed by atoms with Crippen molar-refractivity contribution < 1.29 is 13.2 Å². The molecule has 1 aromatic rings. The molecule has 0 aromatic heterocycles. The maximum atomic E-state index is 13.0. The van der Waals surface area contributed by atoms with Crippen molar-refractivity contribution in [1.29, 1.82) is 0 Å². The molecule has 0 radical (unpaired) electrons. The highest BCUT2D eigenvalue weighted by Crippen LogP contribution is 2.37. The number of alkyl halides is 3. The van der Waals surface area contributed by atoms with Crippen LogP contribution in [0.15, 0.2) is 18.2 Å². The summed E-state index contributed by atoms with van der Waals surface area (Å²) in [7, 11) is 0. The molecular weight excluding hydrogens is 325 g/mol. The SMILES string of the molecule is CCCCC[C@@H](c1cc(C(F)(F)F)ccc1Cl)N1CCNCC1. The molecule has 1 aliphatic rings. The summed E-state index contributed by atoms with van der Waals surface area (Å²) in [6.07, 6.45) is -0.326. The number of rotatable bonds is 6. The highest BCUT2D eigenvalue weighted by Gasteiger charge is 2.32. The number of nitrogens with zero attached hydrogens (tertiary/aromatic N) is 1. The van der Waals surface area contributed by atoms with Gasteiger partial charge in [0.15, 0.2) is 0 Å². The van der Waals surface area contributed by atoms with E-state index < -0.39 is 11.7 Å². The van der Waals surface area contributed by atoms with Gasteiger partial charge < -0.3 is 5.32 Å². The zero-order valence-electron chi connectivity index (χ0n) is 13.4. The smallest absolute Gasteiger partial charge is 0.314 e. The molecule has 2 rings (SSSR count). The van der Waals surface area contributed by atoms with Crippen LogP contribution >= 0.6 is 11.6 Å². The lowest BCUT2D eigenvalue weighted by atomic mass is 9.96. The molecule has 0 aliphatic carbocycles. The molecule has 0 saturated carbocycles. The largest absolute Gasteiger partial charge is 0.416 e. The van der Waals surface area contributed by atoms with Crippen molar-refractivity contribution in [3.8, 4) is 0 Å². The van der Waals surface area contributed by atoms with Crippen LogP contribution in [0.5, 0.6) is 0 Å².